The van der Waals surface area contributed by atoms with E-state index in [0.29, 0.717) is 13.0 Å². The van der Waals surface area contributed by atoms with Gasteiger partial charge in [-0.25, -0.2) is 14.0 Å². The maximum Gasteiger partial charge on any atom is 0.337 e. The number of ether oxygens (including phenoxy) is 2. The monoisotopic (exact) mass is 337 g/mol. The number of esters is 2. The average molecular weight is 337 g/mol. The molecule has 1 aromatic carbocycles. The third kappa shape index (κ3) is 3.72. The minimum absolute atomic E-state index is 0.0205. The molecule has 6 nitrogen and oxygen atoms in total. The first-order valence-corrected chi connectivity index (χ1v) is 7.85. The standard InChI is InChI=1S/C17H20FNO5/c1-3-24-17(22)14-6-4-5-9-19(14)15(20)12-8-7-11(10-13(12)18)16(21)23-2/h7-8,10,14H,3-6,9H2,1-2H3. The summed E-state index contributed by atoms with van der Waals surface area (Å²) >= 11 is 0. The fourth-order valence-corrected chi connectivity index (χ4v) is 2.75. The molecule has 1 aliphatic rings. The van der Waals surface area contributed by atoms with Crippen molar-refractivity contribution >= 4 is 17.8 Å². The molecule has 0 aliphatic carbocycles. The molecule has 1 unspecified atom stereocenters. The van der Waals surface area contributed by atoms with Crippen LogP contribution in [0.25, 0.3) is 0 Å². The molecule has 0 spiro atoms. The van der Waals surface area contributed by atoms with Crippen LogP contribution in [-0.4, -0.2) is 49.0 Å². The molecule has 2 rings (SSSR count). The second kappa shape index (κ2) is 7.90. The van der Waals surface area contributed by atoms with Crippen molar-refractivity contribution in [3.63, 3.8) is 0 Å². The average Bonchev–Trinajstić information content (AvgIpc) is 2.60. The number of likely N-dealkylation sites (tertiary alicyclic amines) is 1. The van der Waals surface area contributed by atoms with Crippen LogP contribution < -0.4 is 0 Å². The summed E-state index contributed by atoms with van der Waals surface area (Å²) in [6.07, 6.45) is 2.03. The Labute approximate surface area is 139 Å². The highest BCUT2D eigenvalue weighted by Crippen LogP contribution is 2.22. The van der Waals surface area contributed by atoms with E-state index >= 15 is 0 Å². The summed E-state index contributed by atoms with van der Waals surface area (Å²) in [5, 5.41) is 0. The van der Waals surface area contributed by atoms with Gasteiger partial charge in [-0.05, 0) is 44.4 Å². The van der Waals surface area contributed by atoms with Crippen LogP contribution in [0.4, 0.5) is 4.39 Å². The van der Waals surface area contributed by atoms with Gasteiger partial charge in [0.05, 0.1) is 24.8 Å². The Kier molecular flexibility index (Phi) is 5.89. The number of carbonyl (C=O) groups is 3. The first-order chi connectivity index (χ1) is 11.5. The molecule has 1 aromatic rings. The number of nitrogens with zero attached hydrogens (tertiary/aromatic N) is 1. The Bertz CT molecular complexity index is 646. The molecule has 1 aliphatic heterocycles. The summed E-state index contributed by atoms with van der Waals surface area (Å²) < 4.78 is 23.8. The summed E-state index contributed by atoms with van der Waals surface area (Å²) in [6.45, 7) is 2.28. The van der Waals surface area contributed by atoms with Crippen LogP contribution in [0.1, 0.15) is 46.9 Å². The number of methoxy groups -OCH3 is 1. The van der Waals surface area contributed by atoms with Crippen LogP contribution in [0.15, 0.2) is 18.2 Å². The van der Waals surface area contributed by atoms with Gasteiger partial charge in [0.15, 0.2) is 0 Å². The van der Waals surface area contributed by atoms with Crippen LogP contribution in [0.5, 0.6) is 0 Å². The smallest absolute Gasteiger partial charge is 0.337 e. The van der Waals surface area contributed by atoms with Gasteiger partial charge in [-0.2, -0.15) is 0 Å². The zero-order chi connectivity index (χ0) is 17.7. The van der Waals surface area contributed by atoms with Gasteiger partial charge >= 0.3 is 11.9 Å². The third-order valence-corrected chi connectivity index (χ3v) is 3.94. The van der Waals surface area contributed by atoms with Gasteiger partial charge in [-0.15, -0.1) is 0 Å². The second-order valence-electron chi connectivity index (χ2n) is 5.45. The van der Waals surface area contributed by atoms with E-state index in [4.69, 9.17) is 4.74 Å². The minimum atomic E-state index is -0.823. The highest BCUT2D eigenvalue weighted by Gasteiger charge is 2.34. The molecule has 0 bridgehead atoms. The lowest BCUT2D eigenvalue weighted by molar-refractivity contribution is -0.149. The van der Waals surface area contributed by atoms with E-state index in [0.717, 1.165) is 18.9 Å². The molecule has 1 atom stereocenters. The van der Waals surface area contributed by atoms with E-state index < -0.39 is 29.7 Å². The van der Waals surface area contributed by atoms with Gasteiger partial charge < -0.3 is 14.4 Å². The summed E-state index contributed by atoms with van der Waals surface area (Å²) in [5.41, 5.74) is -0.161. The molecule has 0 N–H and O–H groups in total. The van der Waals surface area contributed by atoms with Crippen molar-refractivity contribution in [2.45, 2.75) is 32.2 Å². The molecular weight excluding hydrogens is 317 g/mol. The molecule has 7 heteroatoms. The Morgan fingerprint density at radius 1 is 1.29 bits per heavy atom. The minimum Gasteiger partial charge on any atom is -0.465 e. The van der Waals surface area contributed by atoms with E-state index in [1.54, 1.807) is 6.92 Å². The van der Waals surface area contributed by atoms with E-state index in [1.165, 1.54) is 24.1 Å². The summed E-state index contributed by atoms with van der Waals surface area (Å²) in [6, 6.07) is 2.82. The number of amides is 1. The number of hydrogen-bond donors (Lipinski definition) is 0. The molecule has 0 radical (unpaired) electrons. The van der Waals surface area contributed by atoms with Gasteiger partial charge in [-0.3, -0.25) is 4.79 Å². The number of piperidine rings is 1. The van der Waals surface area contributed by atoms with E-state index in [-0.39, 0.29) is 17.7 Å². The predicted octanol–water partition coefficient (Wildman–Crippen LogP) is 2.17. The SMILES string of the molecule is CCOC(=O)C1CCCCN1C(=O)c1ccc(C(=O)OC)cc1F. The molecule has 1 amide bonds. The van der Waals surface area contributed by atoms with Crippen molar-refractivity contribution in [1.29, 1.82) is 0 Å². The molecule has 1 saturated heterocycles. The number of halogens is 1. The quantitative estimate of drug-likeness (QED) is 0.787. The number of rotatable bonds is 4. The fraction of sp³-hybridized carbons (Fsp3) is 0.471. The Balaban J connectivity index is 2.25. The van der Waals surface area contributed by atoms with Crippen molar-refractivity contribution in [3.05, 3.63) is 35.1 Å². The van der Waals surface area contributed by atoms with Gasteiger partial charge in [0, 0.05) is 6.54 Å². The van der Waals surface area contributed by atoms with Crippen molar-refractivity contribution < 1.29 is 28.2 Å². The number of benzene rings is 1. The summed E-state index contributed by atoms with van der Waals surface area (Å²) in [4.78, 5) is 37.5. The zero-order valence-electron chi connectivity index (χ0n) is 13.7. The molecule has 0 aromatic heterocycles. The highest BCUT2D eigenvalue weighted by atomic mass is 19.1. The first kappa shape index (κ1) is 17.9. The van der Waals surface area contributed by atoms with Crippen molar-refractivity contribution in [1.82, 2.24) is 4.90 Å². The van der Waals surface area contributed by atoms with Crippen LogP contribution in [0.3, 0.4) is 0 Å². The van der Waals surface area contributed by atoms with Crippen molar-refractivity contribution in [3.8, 4) is 0 Å². The maximum atomic E-state index is 14.3. The highest BCUT2D eigenvalue weighted by molar-refractivity contribution is 5.98. The van der Waals surface area contributed by atoms with Crippen molar-refractivity contribution in [2.75, 3.05) is 20.3 Å². The second-order valence-corrected chi connectivity index (χ2v) is 5.45. The van der Waals surface area contributed by atoms with Gasteiger partial charge in [0.25, 0.3) is 5.91 Å². The Morgan fingerprint density at radius 3 is 2.67 bits per heavy atom. The largest absolute Gasteiger partial charge is 0.465 e. The van der Waals surface area contributed by atoms with Crippen LogP contribution >= 0.6 is 0 Å². The van der Waals surface area contributed by atoms with Gasteiger partial charge in [0.1, 0.15) is 11.9 Å². The predicted molar refractivity (Wildman–Crippen MR) is 83.0 cm³/mol. The van der Waals surface area contributed by atoms with E-state index in [1.807, 2.05) is 0 Å². The lowest BCUT2D eigenvalue weighted by atomic mass is 10.00. The molecular formula is C17H20FNO5. The maximum absolute atomic E-state index is 14.3. The van der Waals surface area contributed by atoms with Crippen LogP contribution in [0, 0.1) is 5.82 Å². The summed E-state index contributed by atoms with van der Waals surface area (Å²) in [5.74, 6) is -2.56. The van der Waals surface area contributed by atoms with Gasteiger partial charge in [0.2, 0.25) is 0 Å². The normalized spacial score (nSPS) is 17.3. The van der Waals surface area contributed by atoms with Crippen LogP contribution in [0.2, 0.25) is 0 Å². The van der Waals surface area contributed by atoms with Gasteiger partial charge in [-0.1, -0.05) is 0 Å². The zero-order valence-corrected chi connectivity index (χ0v) is 13.7. The Hall–Kier alpha value is -2.44. The lowest BCUT2D eigenvalue weighted by Gasteiger charge is -2.34. The molecule has 24 heavy (non-hydrogen) atoms. The molecule has 1 heterocycles. The molecule has 1 fully saturated rings. The fourth-order valence-electron chi connectivity index (χ4n) is 2.75. The summed E-state index contributed by atoms with van der Waals surface area (Å²) in [7, 11) is 1.19. The number of hydrogen-bond acceptors (Lipinski definition) is 5. The first-order valence-electron chi connectivity index (χ1n) is 7.85. The number of carbonyl (C=O) groups excluding carboxylic acids is 3. The topological polar surface area (TPSA) is 72.9 Å². The van der Waals surface area contributed by atoms with Crippen molar-refractivity contribution in [2.24, 2.45) is 0 Å². The van der Waals surface area contributed by atoms with Crippen LogP contribution in [-0.2, 0) is 14.3 Å². The molecule has 0 saturated carbocycles. The third-order valence-electron chi connectivity index (χ3n) is 3.94. The Morgan fingerprint density at radius 2 is 2.04 bits per heavy atom. The van der Waals surface area contributed by atoms with E-state index in [2.05, 4.69) is 4.74 Å². The lowest BCUT2D eigenvalue weighted by Crippen LogP contribution is -2.48. The van der Waals surface area contributed by atoms with E-state index in [9.17, 15) is 18.8 Å². The molecule has 130 valence electrons.